The first-order valence-electron chi connectivity index (χ1n) is 6.13. The van der Waals surface area contributed by atoms with Gasteiger partial charge in [0, 0.05) is 19.4 Å². The topological polar surface area (TPSA) is 49.3 Å². The SMILES string of the molecule is O=C(NCCC1CC(F)(F)C1)c1ccc(Cl)c(Cl)c1O. The molecule has 2 rings (SSSR count). The summed E-state index contributed by atoms with van der Waals surface area (Å²) in [5.74, 6) is -3.50. The van der Waals surface area contributed by atoms with Gasteiger partial charge < -0.3 is 10.4 Å². The molecule has 1 amide bonds. The molecule has 110 valence electrons. The van der Waals surface area contributed by atoms with E-state index >= 15 is 0 Å². The Labute approximate surface area is 124 Å². The fourth-order valence-electron chi connectivity index (χ4n) is 2.20. The Morgan fingerprint density at radius 1 is 1.40 bits per heavy atom. The monoisotopic (exact) mass is 323 g/mol. The Morgan fingerprint density at radius 2 is 2.05 bits per heavy atom. The molecule has 20 heavy (non-hydrogen) atoms. The number of amides is 1. The zero-order valence-electron chi connectivity index (χ0n) is 10.4. The molecule has 0 unspecified atom stereocenters. The second-order valence-electron chi connectivity index (χ2n) is 4.93. The van der Waals surface area contributed by atoms with Crippen molar-refractivity contribution in [1.29, 1.82) is 0 Å². The van der Waals surface area contributed by atoms with E-state index in [0.29, 0.717) is 6.42 Å². The lowest BCUT2D eigenvalue weighted by Crippen LogP contribution is -2.37. The van der Waals surface area contributed by atoms with E-state index in [1.165, 1.54) is 12.1 Å². The van der Waals surface area contributed by atoms with Crippen LogP contribution in [0.15, 0.2) is 12.1 Å². The van der Waals surface area contributed by atoms with E-state index in [4.69, 9.17) is 23.2 Å². The van der Waals surface area contributed by atoms with Crippen LogP contribution >= 0.6 is 23.2 Å². The van der Waals surface area contributed by atoms with Gasteiger partial charge in [0.15, 0.2) is 0 Å². The lowest BCUT2D eigenvalue weighted by atomic mass is 9.79. The number of halogens is 4. The predicted octanol–water partition coefficient (Wildman–Crippen LogP) is 3.86. The summed E-state index contributed by atoms with van der Waals surface area (Å²) < 4.78 is 25.3. The van der Waals surface area contributed by atoms with Crippen molar-refractivity contribution in [3.8, 4) is 5.75 Å². The van der Waals surface area contributed by atoms with Crippen LogP contribution < -0.4 is 5.32 Å². The van der Waals surface area contributed by atoms with Gasteiger partial charge in [-0.3, -0.25) is 4.79 Å². The van der Waals surface area contributed by atoms with Gasteiger partial charge in [-0.05, 0) is 24.5 Å². The third kappa shape index (κ3) is 3.33. The molecule has 1 aromatic carbocycles. The number of alkyl halides is 2. The summed E-state index contributed by atoms with van der Waals surface area (Å²) in [6, 6.07) is 2.77. The summed E-state index contributed by atoms with van der Waals surface area (Å²) in [5.41, 5.74) is 0.0124. The molecular weight excluding hydrogens is 311 g/mol. The quantitative estimate of drug-likeness (QED) is 0.883. The number of carbonyl (C=O) groups excluding carboxylic acids is 1. The molecule has 0 heterocycles. The van der Waals surface area contributed by atoms with Gasteiger partial charge in [-0.1, -0.05) is 23.2 Å². The molecule has 3 nitrogen and oxygen atoms in total. The van der Waals surface area contributed by atoms with Gasteiger partial charge in [-0.25, -0.2) is 8.78 Å². The zero-order valence-corrected chi connectivity index (χ0v) is 11.9. The molecule has 0 aromatic heterocycles. The van der Waals surface area contributed by atoms with E-state index in [-0.39, 0.29) is 46.7 Å². The first-order valence-corrected chi connectivity index (χ1v) is 6.89. The molecule has 1 aromatic rings. The lowest BCUT2D eigenvalue weighted by Gasteiger charge is -2.34. The summed E-state index contributed by atoms with van der Waals surface area (Å²) in [6.45, 7) is 0.277. The standard InChI is InChI=1S/C13H13Cl2F2NO2/c14-9-2-1-8(11(19)10(9)15)12(20)18-4-3-7-5-13(16,17)6-7/h1-2,7,19H,3-6H2,(H,18,20). The average Bonchev–Trinajstić information content (AvgIpc) is 2.33. The second kappa shape index (κ2) is 5.74. The van der Waals surface area contributed by atoms with Crippen LogP contribution in [-0.4, -0.2) is 23.5 Å². The first kappa shape index (κ1) is 15.3. The normalized spacial score (nSPS) is 17.6. The maximum atomic E-state index is 12.6. The van der Waals surface area contributed by atoms with Gasteiger partial charge in [0.1, 0.15) is 10.8 Å². The van der Waals surface area contributed by atoms with Crippen LogP contribution in [0.1, 0.15) is 29.6 Å². The van der Waals surface area contributed by atoms with Crippen molar-refractivity contribution in [2.45, 2.75) is 25.2 Å². The molecule has 0 radical (unpaired) electrons. The number of phenols is 1. The zero-order chi connectivity index (χ0) is 14.9. The number of aromatic hydroxyl groups is 1. The van der Waals surface area contributed by atoms with Crippen LogP contribution in [-0.2, 0) is 0 Å². The van der Waals surface area contributed by atoms with E-state index in [1.54, 1.807) is 0 Å². The van der Waals surface area contributed by atoms with E-state index < -0.39 is 11.8 Å². The Morgan fingerprint density at radius 3 is 2.65 bits per heavy atom. The predicted molar refractivity (Wildman–Crippen MR) is 72.7 cm³/mol. The maximum Gasteiger partial charge on any atom is 0.255 e. The van der Waals surface area contributed by atoms with Crippen molar-refractivity contribution < 1.29 is 18.7 Å². The van der Waals surface area contributed by atoms with Crippen LogP contribution in [0.25, 0.3) is 0 Å². The number of hydrogen-bond acceptors (Lipinski definition) is 2. The fourth-order valence-corrected chi connectivity index (χ4v) is 2.51. The van der Waals surface area contributed by atoms with Crippen molar-refractivity contribution in [3.63, 3.8) is 0 Å². The average molecular weight is 324 g/mol. The molecule has 1 saturated carbocycles. The number of rotatable bonds is 4. The maximum absolute atomic E-state index is 12.6. The van der Waals surface area contributed by atoms with Crippen molar-refractivity contribution in [3.05, 3.63) is 27.7 Å². The highest BCUT2D eigenvalue weighted by molar-refractivity contribution is 6.43. The summed E-state index contributed by atoms with van der Waals surface area (Å²) in [7, 11) is 0. The van der Waals surface area contributed by atoms with Crippen molar-refractivity contribution in [2.75, 3.05) is 6.54 Å². The summed E-state index contributed by atoms with van der Waals surface area (Å²) >= 11 is 11.4. The number of nitrogens with one attached hydrogen (secondary N) is 1. The van der Waals surface area contributed by atoms with Crippen LogP contribution in [0.5, 0.6) is 5.75 Å². The molecule has 1 aliphatic carbocycles. The summed E-state index contributed by atoms with van der Waals surface area (Å²) in [4.78, 5) is 11.8. The fraction of sp³-hybridized carbons (Fsp3) is 0.462. The molecule has 0 bridgehead atoms. The first-order chi connectivity index (χ1) is 9.30. The van der Waals surface area contributed by atoms with Gasteiger partial charge in [-0.15, -0.1) is 0 Å². The third-order valence-electron chi connectivity index (χ3n) is 3.33. The number of benzene rings is 1. The van der Waals surface area contributed by atoms with E-state index in [1.807, 2.05) is 0 Å². The van der Waals surface area contributed by atoms with Gasteiger partial charge in [0.25, 0.3) is 5.91 Å². The third-order valence-corrected chi connectivity index (χ3v) is 4.12. The highest BCUT2D eigenvalue weighted by Gasteiger charge is 2.44. The molecule has 1 fully saturated rings. The molecule has 2 N–H and O–H groups in total. The Balaban J connectivity index is 1.85. The van der Waals surface area contributed by atoms with Gasteiger partial charge in [0.05, 0.1) is 10.6 Å². The highest BCUT2D eigenvalue weighted by atomic mass is 35.5. The molecule has 7 heteroatoms. The van der Waals surface area contributed by atoms with Gasteiger partial charge in [-0.2, -0.15) is 0 Å². The number of hydrogen-bond donors (Lipinski definition) is 2. The summed E-state index contributed by atoms with van der Waals surface area (Å²) in [6.07, 6.45) is 0.241. The molecule has 0 aliphatic heterocycles. The Kier molecular flexibility index (Phi) is 4.39. The summed E-state index contributed by atoms with van der Waals surface area (Å²) in [5, 5.41) is 12.3. The minimum Gasteiger partial charge on any atom is -0.505 e. The van der Waals surface area contributed by atoms with Gasteiger partial charge in [0.2, 0.25) is 5.92 Å². The molecule has 1 aliphatic rings. The molecule has 0 atom stereocenters. The van der Waals surface area contributed by atoms with E-state index in [0.717, 1.165) is 0 Å². The van der Waals surface area contributed by atoms with E-state index in [2.05, 4.69) is 5.32 Å². The van der Waals surface area contributed by atoms with Crippen LogP contribution in [0.3, 0.4) is 0 Å². The van der Waals surface area contributed by atoms with Crippen LogP contribution in [0.4, 0.5) is 8.78 Å². The van der Waals surface area contributed by atoms with Crippen molar-refractivity contribution in [1.82, 2.24) is 5.32 Å². The lowest BCUT2D eigenvalue weighted by molar-refractivity contribution is -0.111. The number of phenolic OH excluding ortho intramolecular Hbond substituents is 1. The minimum atomic E-state index is -2.54. The molecule has 0 spiro atoms. The Bertz CT molecular complexity index is 529. The Hall–Kier alpha value is -1.07. The second-order valence-corrected chi connectivity index (χ2v) is 5.72. The molecular formula is C13H13Cl2F2NO2. The van der Waals surface area contributed by atoms with E-state index in [9.17, 15) is 18.7 Å². The van der Waals surface area contributed by atoms with Crippen LogP contribution in [0, 0.1) is 5.92 Å². The van der Waals surface area contributed by atoms with Crippen LogP contribution in [0.2, 0.25) is 10.0 Å². The number of carbonyl (C=O) groups is 1. The largest absolute Gasteiger partial charge is 0.505 e. The van der Waals surface area contributed by atoms with Gasteiger partial charge >= 0.3 is 0 Å². The molecule has 0 saturated heterocycles. The van der Waals surface area contributed by atoms with Crippen molar-refractivity contribution >= 4 is 29.1 Å². The smallest absolute Gasteiger partial charge is 0.255 e. The van der Waals surface area contributed by atoms with Crippen molar-refractivity contribution in [2.24, 2.45) is 5.92 Å². The minimum absolute atomic E-state index is 0.0124. The highest BCUT2D eigenvalue weighted by Crippen LogP contribution is 2.43.